The van der Waals surface area contributed by atoms with Gasteiger partial charge in [0, 0.05) is 11.6 Å². The van der Waals surface area contributed by atoms with Crippen molar-refractivity contribution in [2.75, 3.05) is 0 Å². The number of aromatic nitrogens is 2. The first kappa shape index (κ1) is 12.9. The molecule has 1 heterocycles. The first-order valence-corrected chi connectivity index (χ1v) is 6.90. The first-order chi connectivity index (χ1) is 9.06. The molecule has 2 aromatic carbocycles. The SMILES string of the molecule is Fc1cc2[nH]c(-c3cccc(Cl)c3Cl)nc2cc1Br. The molecular weight excluding hydrogens is 354 g/mol. The number of rotatable bonds is 1. The van der Waals surface area contributed by atoms with Crippen molar-refractivity contribution in [3.8, 4) is 11.4 Å². The monoisotopic (exact) mass is 358 g/mol. The third-order valence-electron chi connectivity index (χ3n) is 2.73. The van der Waals surface area contributed by atoms with Crippen molar-refractivity contribution in [2.24, 2.45) is 0 Å². The molecule has 0 unspecified atom stereocenters. The molecular formula is C13H6BrCl2FN2. The smallest absolute Gasteiger partial charge is 0.140 e. The highest BCUT2D eigenvalue weighted by atomic mass is 79.9. The molecule has 2 nitrogen and oxygen atoms in total. The lowest BCUT2D eigenvalue weighted by molar-refractivity contribution is 0.623. The van der Waals surface area contributed by atoms with Gasteiger partial charge < -0.3 is 4.98 Å². The van der Waals surface area contributed by atoms with Gasteiger partial charge >= 0.3 is 0 Å². The molecule has 0 bridgehead atoms. The predicted molar refractivity (Wildman–Crippen MR) is 79.2 cm³/mol. The summed E-state index contributed by atoms with van der Waals surface area (Å²) in [7, 11) is 0. The van der Waals surface area contributed by atoms with E-state index in [1.54, 1.807) is 24.3 Å². The average molecular weight is 360 g/mol. The van der Waals surface area contributed by atoms with Gasteiger partial charge in [-0.05, 0) is 34.1 Å². The largest absolute Gasteiger partial charge is 0.338 e. The summed E-state index contributed by atoms with van der Waals surface area (Å²) in [6.07, 6.45) is 0. The first-order valence-electron chi connectivity index (χ1n) is 5.35. The molecule has 0 fully saturated rings. The standard InChI is InChI=1S/C13H6BrCl2FN2/c14-7-4-10-11(5-9(7)17)19-13(18-10)6-2-1-3-8(15)12(6)16/h1-5H,(H,18,19). The molecule has 0 aliphatic heterocycles. The lowest BCUT2D eigenvalue weighted by Crippen LogP contribution is -1.82. The summed E-state index contributed by atoms with van der Waals surface area (Å²) in [4.78, 5) is 7.42. The topological polar surface area (TPSA) is 28.7 Å². The predicted octanol–water partition coefficient (Wildman–Crippen LogP) is 5.44. The van der Waals surface area contributed by atoms with Gasteiger partial charge in [-0.25, -0.2) is 9.37 Å². The molecule has 1 aromatic heterocycles. The molecule has 0 aliphatic carbocycles. The third-order valence-corrected chi connectivity index (χ3v) is 4.16. The van der Waals surface area contributed by atoms with Crippen LogP contribution in [-0.4, -0.2) is 9.97 Å². The molecule has 3 aromatic rings. The van der Waals surface area contributed by atoms with E-state index < -0.39 is 0 Å². The van der Waals surface area contributed by atoms with Crippen molar-refractivity contribution >= 4 is 50.2 Å². The van der Waals surface area contributed by atoms with Crippen molar-refractivity contribution < 1.29 is 4.39 Å². The van der Waals surface area contributed by atoms with Crippen molar-refractivity contribution in [1.82, 2.24) is 9.97 Å². The molecule has 19 heavy (non-hydrogen) atoms. The summed E-state index contributed by atoms with van der Waals surface area (Å²) in [6.45, 7) is 0. The zero-order valence-corrected chi connectivity index (χ0v) is 12.4. The average Bonchev–Trinajstić information content (AvgIpc) is 2.76. The van der Waals surface area contributed by atoms with Crippen molar-refractivity contribution in [2.45, 2.75) is 0 Å². The Hall–Kier alpha value is -1.10. The quantitative estimate of drug-likeness (QED) is 0.615. The summed E-state index contributed by atoms with van der Waals surface area (Å²) in [5, 5.41) is 0.870. The van der Waals surface area contributed by atoms with Crippen LogP contribution in [0.15, 0.2) is 34.8 Å². The molecule has 3 rings (SSSR count). The Labute approximate surface area is 126 Å². The fourth-order valence-electron chi connectivity index (χ4n) is 1.82. The number of halogens is 4. The number of H-pyrrole nitrogens is 1. The van der Waals surface area contributed by atoms with Gasteiger partial charge in [-0.2, -0.15) is 0 Å². The Morgan fingerprint density at radius 1 is 1.21 bits per heavy atom. The molecule has 6 heteroatoms. The Morgan fingerprint density at radius 2 is 2.00 bits per heavy atom. The van der Waals surface area contributed by atoms with Gasteiger partial charge in [0.1, 0.15) is 11.6 Å². The normalized spacial score (nSPS) is 11.2. The number of hydrogen-bond donors (Lipinski definition) is 1. The highest BCUT2D eigenvalue weighted by Crippen LogP contribution is 2.33. The van der Waals surface area contributed by atoms with Gasteiger partial charge in [0.25, 0.3) is 0 Å². The van der Waals surface area contributed by atoms with E-state index >= 15 is 0 Å². The fourth-order valence-corrected chi connectivity index (χ4v) is 2.54. The number of hydrogen-bond acceptors (Lipinski definition) is 1. The second-order valence-corrected chi connectivity index (χ2v) is 5.61. The van der Waals surface area contributed by atoms with Crippen molar-refractivity contribution in [1.29, 1.82) is 0 Å². The second kappa shape index (κ2) is 4.78. The molecule has 0 radical (unpaired) electrons. The van der Waals surface area contributed by atoms with Crippen LogP contribution in [0.25, 0.3) is 22.4 Å². The van der Waals surface area contributed by atoms with E-state index in [9.17, 15) is 4.39 Å². The molecule has 1 N–H and O–H groups in total. The number of benzene rings is 2. The van der Waals surface area contributed by atoms with E-state index in [0.717, 1.165) is 0 Å². The zero-order valence-electron chi connectivity index (χ0n) is 9.35. The van der Waals surface area contributed by atoms with E-state index in [-0.39, 0.29) is 5.82 Å². The molecule has 0 spiro atoms. The second-order valence-electron chi connectivity index (χ2n) is 3.97. The maximum atomic E-state index is 13.5. The summed E-state index contributed by atoms with van der Waals surface area (Å²) in [5.41, 5.74) is 1.94. The number of nitrogens with one attached hydrogen (secondary N) is 1. The van der Waals surface area contributed by atoms with E-state index in [0.29, 0.717) is 36.9 Å². The summed E-state index contributed by atoms with van der Waals surface area (Å²) in [5.74, 6) is 0.208. The number of nitrogens with zero attached hydrogens (tertiary/aromatic N) is 1. The van der Waals surface area contributed by atoms with Crippen molar-refractivity contribution in [3.63, 3.8) is 0 Å². The van der Waals surface area contributed by atoms with Gasteiger partial charge in [-0.3, -0.25) is 0 Å². The lowest BCUT2D eigenvalue weighted by atomic mass is 10.2. The maximum absolute atomic E-state index is 13.5. The molecule has 0 saturated carbocycles. The van der Waals surface area contributed by atoms with E-state index in [4.69, 9.17) is 23.2 Å². The Morgan fingerprint density at radius 3 is 2.79 bits per heavy atom. The van der Waals surface area contributed by atoms with Crippen LogP contribution in [0.4, 0.5) is 4.39 Å². The molecule has 0 aliphatic rings. The van der Waals surface area contributed by atoms with E-state index in [1.807, 2.05) is 0 Å². The molecule has 0 amide bonds. The van der Waals surface area contributed by atoms with Gasteiger partial charge in [-0.15, -0.1) is 0 Å². The molecule has 0 saturated heterocycles. The van der Waals surface area contributed by atoms with Crippen LogP contribution >= 0.6 is 39.1 Å². The number of imidazole rings is 1. The third kappa shape index (κ3) is 2.24. The van der Waals surface area contributed by atoms with Gasteiger partial charge in [-0.1, -0.05) is 29.3 Å². The number of aromatic amines is 1. The Kier molecular flexibility index (Phi) is 3.25. The highest BCUT2D eigenvalue weighted by molar-refractivity contribution is 9.10. The van der Waals surface area contributed by atoms with Crippen LogP contribution in [0, 0.1) is 5.82 Å². The minimum absolute atomic E-state index is 0.347. The van der Waals surface area contributed by atoms with Crippen LogP contribution in [0.1, 0.15) is 0 Å². The minimum atomic E-state index is -0.347. The fraction of sp³-hybridized carbons (Fsp3) is 0. The van der Waals surface area contributed by atoms with E-state index in [1.165, 1.54) is 6.07 Å². The van der Waals surface area contributed by atoms with Crippen LogP contribution in [0.2, 0.25) is 10.0 Å². The van der Waals surface area contributed by atoms with Gasteiger partial charge in [0.05, 0.1) is 25.6 Å². The molecule has 0 atom stereocenters. The number of fused-ring (bicyclic) bond motifs is 1. The summed E-state index contributed by atoms with van der Waals surface area (Å²) in [6, 6.07) is 8.29. The van der Waals surface area contributed by atoms with Gasteiger partial charge in [0.2, 0.25) is 0 Å². The zero-order chi connectivity index (χ0) is 13.6. The van der Waals surface area contributed by atoms with Crippen LogP contribution in [0.3, 0.4) is 0 Å². The van der Waals surface area contributed by atoms with Crippen LogP contribution in [0.5, 0.6) is 0 Å². The van der Waals surface area contributed by atoms with E-state index in [2.05, 4.69) is 25.9 Å². The Balaban J connectivity index is 2.23. The van der Waals surface area contributed by atoms with Crippen LogP contribution in [-0.2, 0) is 0 Å². The van der Waals surface area contributed by atoms with Gasteiger partial charge in [0.15, 0.2) is 0 Å². The van der Waals surface area contributed by atoms with Crippen LogP contribution < -0.4 is 0 Å². The lowest BCUT2D eigenvalue weighted by Gasteiger charge is -2.01. The summed E-state index contributed by atoms with van der Waals surface area (Å²) >= 11 is 15.2. The molecule has 96 valence electrons. The van der Waals surface area contributed by atoms with Crippen molar-refractivity contribution in [3.05, 3.63) is 50.7 Å². The maximum Gasteiger partial charge on any atom is 0.140 e. The summed E-state index contributed by atoms with van der Waals surface area (Å²) < 4.78 is 13.8. The highest BCUT2D eigenvalue weighted by Gasteiger charge is 2.12. The Bertz CT molecular complexity index is 747. The minimum Gasteiger partial charge on any atom is -0.338 e.